The van der Waals surface area contributed by atoms with Crippen molar-refractivity contribution < 1.29 is 9.32 Å². The van der Waals surface area contributed by atoms with Crippen LogP contribution in [0, 0.1) is 12.8 Å². The number of amides is 1. The number of nitrogens with zero attached hydrogens (tertiary/aromatic N) is 4. The van der Waals surface area contributed by atoms with Gasteiger partial charge in [0, 0.05) is 46.1 Å². The fourth-order valence-electron chi connectivity index (χ4n) is 3.00. The van der Waals surface area contributed by atoms with E-state index in [0.717, 1.165) is 57.8 Å². The number of hydrogen-bond acceptors (Lipinski definition) is 5. The zero-order valence-electron chi connectivity index (χ0n) is 16.0. The smallest absolute Gasteiger partial charge is 0.226 e. The van der Waals surface area contributed by atoms with Crippen molar-refractivity contribution in [3.05, 3.63) is 11.7 Å². The molecule has 148 valence electrons. The summed E-state index contributed by atoms with van der Waals surface area (Å²) < 4.78 is 5.12. The maximum Gasteiger partial charge on any atom is 0.226 e. The Hall–Kier alpha value is -1.39. The van der Waals surface area contributed by atoms with Crippen LogP contribution in [-0.2, 0) is 11.2 Å². The highest BCUT2D eigenvalue weighted by molar-refractivity contribution is 14.0. The summed E-state index contributed by atoms with van der Waals surface area (Å²) in [4.78, 5) is 22.7. The third kappa shape index (κ3) is 7.46. The number of rotatable bonds is 7. The predicted molar refractivity (Wildman–Crippen MR) is 112 cm³/mol. The van der Waals surface area contributed by atoms with Crippen LogP contribution in [-0.4, -0.2) is 60.1 Å². The van der Waals surface area contributed by atoms with Gasteiger partial charge in [0.25, 0.3) is 0 Å². The molecule has 0 atom stereocenters. The third-order valence-electron chi connectivity index (χ3n) is 4.38. The molecule has 0 radical (unpaired) electrons. The van der Waals surface area contributed by atoms with Crippen molar-refractivity contribution in [3.63, 3.8) is 0 Å². The second kappa shape index (κ2) is 12.1. The monoisotopic (exact) mass is 478 g/mol. The summed E-state index contributed by atoms with van der Waals surface area (Å²) >= 11 is 0. The molecule has 0 unspecified atom stereocenters. The second-order valence-corrected chi connectivity index (χ2v) is 6.38. The summed E-state index contributed by atoms with van der Waals surface area (Å²) in [5.74, 6) is 2.91. The van der Waals surface area contributed by atoms with Crippen LogP contribution in [0.25, 0.3) is 0 Å². The van der Waals surface area contributed by atoms with E-state index in [9.17, 15) is 4.79 Å². The van der Waals surface area contributed by atoms with Crippen molar-refractivity contribution in [1.29, 1.82) is 0 Å². The Kier molecular flexibility index (Phi) is 10.5. The molecular weight excluding hydrogens is 447 g/mol. The van der Waals surface area contributed by atoms with Gasteiger partial charge in [0.1, 0.15) is 0 Å². The highest BCUT2D eigenvalue weighted by Crippen LogP contribution is 2.20. The highest BCUT2D eigenvalue weighted by Gasteiger charge is 2.22. The zero-order valence-corrected chi connectivity index (χ0v) is 18.3. The Morgan fingerprint density at radius 3 is 2.69 bits per heavy atom. The van der Waals surface area contributed by atoms with Crippen LogP contribution in [0.2, 0.25) is 0 Å². The lowest BCUT2D eigenvalue weighted by atomic mass is 9.93. The molecular formula is C17H31IN6O2. The molecule has 2 rings (SSSR count). The van der Waals surface area contributed by atoms with E-state index in [1.54, 1.807) is 7.05 Å². The summed E-state index contributed by atoms with van der Waals surface area (Å²) in [7, 11) is 1.70. The summed E-state index contributed by atoms with van der Waals surface area (Å²) in [6, 6.07) is 0. The lowest BCUT2D eigenvalue weighted by Gasteiger charge is -2.34. The molecule has 1 saturated heterocycles. The van der Waals surface area contributed by atoms with E-state index in [1.807, 2.05) is 6.92 Å². The molecule has 9 heteroatoms. The Bertz CT molecular complexity index is 569. The van der Waals surface area contributed by atoms with Gasteiger partial charge in [-0.2, -0.15) is 4.98 Å². The van der Waals surface area contributed by atoms with Crippen LogP contribution in [0.1, 0.15) is 44.3 Å². The number of piperidine rings is 1. The van der Waals surface area contributed by atoms with Crippen molar-refractivity contribution in [2.75, 3.05) is 33.2 Å². The molecule has 26 heavy (non-hydrogen) atoms. The summed E-state index contributed by atoms with van der Waals surface area (Å²) in [6.07, 6.45) is 4.31. The van der Waals surface area contributed by atoms with Crippen LogP contribution in [0.3, 0.4) is 0 Å². The van der Waals surface area contributed by atoms with E-state index in [2.05, 4.69) is 32.6 Å². The first-order valence-electron chi connectivity index (χ1n) is 9.15. The number of carbonyl (C=O) groups excluding carboxylic acids is 1. The minimum Gasteiger partial charge on any atom is -0.359 e. The molecule has 1 fully saturated rings. The van der Waals surface area contributed by atoms with Crippen LogP contribution in [0.15, 0.2) is 9.52 Å². The van der Waals surface area contributed by atoms with Gasteiger partial charge in [-0.1, -0.05) is 5.16 Å². The first-order chi connectivity index (χ1) is 12.1. The lowest BCUT2D eigenvalue weighted by molar-refractivity contribution is -0.121. The molecule has 0 saturated carbocycles. The highest BCUT2D eigenvalue weighted by atomic mass is 127. The number of carbonyl (C=O) groups is 1. The quantitative estimate of drug-likeness (QED) is 0.268. The summed E-state index contributed by atoms with van der Waals surface area (Å²) in [6.45, 7) is 7.35. The van der Waals surface area contributed by atoms with E-state index in [4.69, 9.17) is 9.52 Å². The molecule has 0 aromatic carbocycles. The van der Waals surface area contributed by atoms with Crippen LogP contribution < -0.4 is 10.6 Å². The van der Waals surface area contributed by atoms with Crippen molar-refractivity contribution in [2.24, 2.45) is 10.9 Å². The van der Waals surface area contributed by atoms with Crippen LogP contribution >= 0.6 is 24.0 Å². The molecule has 1 aromatic heterocycles. The topological polar surface area (TPSA) is 95.7 Å². The average molecular weight is 478 g/mol. The van der Waals surface area contributed by atoms with Gasteiger partial charge in [-0.25, -0.2) is 0 Å². The predicted octanol–water partition coefficient (Wildman–Crippen LogP) is 1.74. The molecule has 0 bridgehead atoms. The number of guanidine groups is 1. The van der Waals surface area contributed by atoms with Gasteiger partial charge in [-0.3, -0.25) is 9.79 Å². The molecule has 8 nitrogen and oxygen atoms in total. The number of likely N-dealkylation sites (tertiary alicyclic amines) is 1. The van der Waals surface area contributed by atoms with Gasteiger partial charge in [-0.15, -0.1) is 24.0 Å². The van der Waals surface area contributed by atoms with Crippen LogP contribution in [0.5, 0.6) is 0 Å². The van der Waals surface area contributed by atoms with Gasteiger partial charge in [0.2, 0.25) is 11.8 Å². The van der Waals surface area contributed by atoms with Crippen molar-refractivity contribution in [3.8, 4) is 0 Å². The fourth-order valence-corrected chi connectivity index (χ4v) is 3.00. The van der Waals surface area contributed by atoms with Crippen LogP contribution in [0.4, 0.5) is 0 Å². The molecule has 2 N–H and O–H groups in total. The largest absolute Gasteiger partial charge is 0.359 e. The molecule has 2 heterocycles. The molecule has 1 aliphatic heterocycles. The summed E-state index contributed by atoms with van der Waals surface area (Å²) in [5.41, 5.74) is 0. The minimum atomic E-state index is 0. The first kappa shape index (κ1) is 22.7. The Morgan fingerprint density at radius 2 is 2.12 bits per heavy atom. The number of hydrogen-bond donors (Lipinski definition) is 2. The number of aryl methyl sites for hydroxylation is 2. The standard InChI is InChI=1S/C17H30N6O2.HI/c1-4-19-17(20-9-5-6-16-21-13(2)22-25-16)23-10-7-14(8-11-23)12-15(24)18-3;/h14H,4-12H2,1-3H3,(H,18,24)(H,19,20);1H. The normalized spacial score (nSPS) is 15.5. The average Bonchev–Trinajstić information content (AvgIpc) is 3.03. The second-order valence-electron chi connectivity index (χ2n) is 6.38. The minimum absolute atomic E-state index is 0. The number of aromatic nitrogens is 2. The van der Waals surface area contributed by atoms with Gasteiger partial charge >= 0.3 is 0 Å². The third-order valence-corrected chi connectivity index (χ3v) is 4.38. The maximum absolute atomic E-state index is 11.5. The van der Waals surface area contributed by atoms with Gasteiger partial charge in [-0.05, 0) is 39.0 Å². The summed E-state index contributed by atoms with van der Waals surface area (Å²) in [5, 5.41) is 9.87. The van der Waals surface area contributed by atoms with E-state index in [1.165, 1.54) is 0 Å². The molecule has 1 aromatic rings. The fraction of sp³-hybridized carbons (Fsp3) is 0.765. The van der Waals surface area contributed by atoms with E-state index in [-0.39, 0.29) is 29.9 Å². The number of nitrogens with one attached hydrogen (secondary N) is 2. The Morgan fingerprint density at radius 1 is 1.38 bits per heavy atom. The van der Waals surface area contributed by atoms with Crippen molar-refractivity contribution in [2.45, 2.75) is 46.0 Å². The molecule has 0 spiro atoms. The van der Waals surface area contributed by atoms with Gasteiger partial charge in [0.05, 0.1) is 0 Å². The van der Waals surface area contributed by atoms with E-state index in [0.29, 0.717) is 24.1 Å². The van der Waals surface area contributed by atoms with E-state index >= 15 is 0 Å². The van der Waals surface area contributed by atoms with Gasteiger partial charge in [0.15, 0.2) is 11.8 Å². The van der Waals surface area contributed by atoms with Crippen molar-refractivity contribution >= 4 is 35.8 Å². The first-order valence-corrected chi connectivity index (χ1v) is 9.15. The lowest BCUT2D eigenvalue weighted by Crippen LogP contribution is -2.46. The Balaban J connectivity index is 0.00000338. The molecule has 1 amide bonds. The maximum atomic E-state index is 11.5. The Labute approximate surface area is 172 Å². The molecule has 0 aliphatic carbocycles. The number of halogens is 1. The van der Waals surface area contributed by atoms with E-state index < -0.39 is 0 Å². The van der Waals surface area contributed by atoms with Gasteiger partial charge < -0.3 is 20.1 Å². The molecule has 1 aliphatic rings. The van der Waals surface area contributed by atoms with Crippen molar-refractivity contribution in [1.82, 2.24) is 25.7 Å². The zero-order chi connectivity index (χ0) is 18.1. The number of aliphatic imine (C=N–C) groups is 1. The SMILES string of the molecule is CCNC(=NCCCc1nc(C)no1)N1CCC(CC(=O)NC)CC1.I.